The van der Waals surface area contributed by atoms with Gasteiger partial charge in [-0.15, -0.1) is 0 Å². The maximum Gasteiger partial charge on any atom is 0.404 e. The van der Waals surface area contributed by atoms with Crippen LogP contribution in [0.25, 0.3) is 16.6 Å². The van der Waals surface area contributed by atoms with Crippen LogP contribution < -0.4 is 16.6 Å². The van der Waals surface area contributed by atoms with E-state index >= 15 is 0 Å². The summed E-state index contributed by atoms with van der Waals surface area (Å²) in [5, 5.41) is 12.3. The van der Waals surface area contributed by atoms with E-state index in [1.807, 2.05) is 10.6 Å². The molecule has 0 bridgehead atoms. The maximum atomic E-state index is 12.5. The maximum absolute atomic E-state index is 12.5. The molecule has 1 aliphatic rings. The number of nitrogen functional groups attached to an aromatic ring is 1. The van der Waals surface area contributed by atoms with Crippen LogP contribution in [0.15, 0.2) is 24.5 Å². The summed E-state index contributed by atoms with van der Waals surface area (Å²) in [5.74, 6) is 5.03. The number of hydrogen-bond acceptors (Lipinski definition) is 5. The highest BCUT2D eigenvalue weighted by Gasteiger charge is 2.24. The molecule has 0 radical (unpaired) electrons. The molecule has 0 saturated heterocycles. The van der Waals surface area contributed by atoms with Gasteiger partial charge in [-0.25, -0.2) is 15.6 Å². The Balaban J connectivity index is 1.94. The van der Waals surface area contributed by atoms with Crippen LogP contribution in [-0.2, 0) is 11.5 Å². The van der Waals surface area contributed by atoms with Gasteiger partial charge in [0.15, 0.2) is 0 Å². The van der Waals surface area contributed by atoms with E-state index in [4.69, 9.17) is 15.7 Å². The van der Waals surface area contributed by atoms with E-state index in [0.29, 0.717) is 29.6 Å². The normalized spacial score (nSPS) is 16.8. The topological polar surface area (TPSA) is 132 Å². The molecule has 31 heavy (non-hydrogen) atoms. The third-order valence-corrected chi connectivity index (χ3v) is 7.11. The molecule has 2 aromatic heterocycles. The van der Waals surface area contributed by atoms with Gasteiger partial charge >= 0.3 is 6.09 Å². The van der Waals surface area contributed by atoms with Crippen molar-refractivity contribution in [3.05, 3.63) is 35.7 Å². The SMILES string of the molecule is C[Si](C)(C)CCOCn1cc(C(=O)NN)c2c(C3=CCCC(NC(=O)O)C3)ccnc21. The van der Waals surface area contributed by atoms with Crippen molar-refractivity contribution < 1.29 is 19.4 Å². The summed E-state index contributed by atoms with van der Waals surface area (Å²) in [6.07, 6.45) is 6.53. The van der Waals surface area contributed by atoms with E-state index in [-0.39, 0.29) is 12.8 Å². The molecule has 1 atom stereocenters. The first-order valence-electron chi connectivity index (χ1n) is 10.4. The second-order valence-corrected chi connectivity index (χ2v) is 14.7. The van der Waals surface area contributed by atoms with Crippen molar-refractivity contribution >= 4 is 36.7 Å². The molecule has 9 nitrogen and oxygen atoms in total. The lowest BCUT2D eigenvalue weighted by Crippen LogP contribution is -2.34. The number of pyridine rings is 1. The highest BCUT2D eigenvalue weighted by molar-refractivity contribution is 6.76. The van der Waals surface area contributed by atoms with Crippen LogP contribution >= 0.6 is 0 Å². The van der Waals surface area contributed by atoms with Gasteiger partial charge in [0.2, 0.25) is 0 Å². The van der Waals surface area contributed by atoms with E-state index < -0.39 is 20.1 Å². The lowest BCUT2D eigenvalue weighted by molar-refractivity contribution is 0.0892. The van der Waals surface area contributed by atoms with Crippen molar-refractivity contribution in [3.8, 4) is 0 Å². The molecule has 0 aliphatic heterocycles. The van der Waals surface area contributed by atoms with Crippen molar-refractivity contribution in [2.45, 2.75) is 57.7 Å². The van der Waals surface area contributed by atoms with Crippen molar-refractivity contribution in [1.29, 1.82) is 0 Å². The lowest BCUT2D eigenvalue weighted by Gasteiger charge is -2.23. The first-order chi connectivity index (χ1) is 14.7. The summed E-state index contributed by atoms with van der Waals surface area (Å²) < 4.78 is 7.70. The Bertz CT molecular complexity index is 996. The Morgan fingerprint density at radius 2 is 2.16 bits per heavy atom. The third kappa shape index (κ3) is 5.72. The Labute approximate surface area is 182 Å². The van der Waals surface area contributed by atoms with Crippen molar-refractivity contribution in [2.24, 2.45) is 5.84 Å². The molecule has 3 rings (SSSR count). The Morgan fingerprint density at radius 1 is 1.39 bits per heavy atom. The summed E-state index contributed by atoms with van der Waals surface area (Å²) in [6.45, 7) is 7.83. The lowest BCUT2D eigenvalue weighted by atomic mass is 9.88. The number of rotatable bonds is 8. The molecule has 168 valence electrons. The molecular weight excluding hydrogens is 414 g/mol. The van der Waals surface area contributed by atoms with E-state index in [1.165, 1.54) is 0 Å². The highest BCUT2D eigenvalue weighted by Crippen LogP contribution is 2.34. The first-order valence-corrected chi connectivity index (χ1v) is 14.2. The standard InChI is InChI=1S/C21H31N5O4Si/c1-31(2,3)10-9-30-13-26-12-17(20(27)25-22)18-16(7-8-23-19(18)26)14-5-4-6-15(11-14)24-21(28)29/h5,7-8,12,15,24H,4,6,9-11,13,22H2,1-3H3,(H,25,27)(H,28,29). The van der Waals surface area contributed by atoms with Gasteiger partial charge < -0.3 is 19.7 Å². The largest absolute Gasteiger partial charge is 0.465 e. The monoisotopic (exact) mass is 445 g/mol. The van der Waals surface area contributed by atoms with Crippen LogP contribution in [0.1, 0.15) is 35.2 Å². The fourth-order valence-electron chi connectivity index (χ4n) is 3.80. The smallest absolute Gasteiger partial charge is 0.404 e. The number of amides is 2. The van der Waals surface area contributed by atoms with Gasteiger partial charge in [0.1, 0.15) is 12.4 Å². The average Bonchev–Trinajstić information content (AvgIpc) is 3.08. The molecule has 0 saturated carbocycles. The number of carbonyl (C=O) groups excluding carboxylic acids is 1. The Hall–Kier alpha value is -2.69. The zero-order chi connectivity index (χ0) is 22.6. The minimum absolute atomic E-state index is 0.167. The minimum Gasteiger partial charge on any atom is -0.465 e. The van der Waals surface area contributed by atoms with Gasteiger partial charge in [0.05, 0.1) is 5.56 Å². The van der Waals surface area contributed by atoms with Crippen LogP contribution in [0, 0.1) is 0 Å². The zero-order valence-electron chi connectivity index (χ0n) is 18.3. The Kier molecular flexibility index (Phi) is 7.14. The number of aromatic nitrogens is 2. The molecular formula is C21H31N5O4Si. The predicted octanol–water partition coefficient (Wildman–Crippen LogP) is 3.16. The number of hydrogen-bond donors (Lipinski definition) is 4. The molecule has 10 heteroatoms. The van der Waals surface area contributed by atoms with Gasteiger partial charge in [-0.1, -0.05) is 25.7 Å². The molecule has 1 unspecified atom stereocenters. The number of hydrazine groups is 1. The average molecular weight is 446 g/mol. The number of nitrogens with zero attached hydrogens (tertiary/aromatic N) is 2. The van der Waals surface area contributed by atoms with Gasteiger partial charge in [-0.2, -0.15) is 0 Å². The number of ether oxygens (including phenoxy) is 1. The van der Waals surface area contributed by atoms with E-state index in [9.17, 15) is 9.59 Å². The molecule has 2 aromatic rings. The summed E-state index contributed by atoms with van der Waals surface area (Å²) in [6, 6.07) is 2.74. The quantitative estimate of drug-likeness (QED) is 0.162. The van der Waals surface area contributed by atoms with Crippen molar-refractivity contribution in [3.63, 3.8) is 0 Å². The molecule has 1 aliphatic carbocycles. The van der Waals surface area contributed by atoms with Crippen LogP contribution in [-0.4, -0.2) is 47.4 Å². The molecule has 0 aromatic carbocycles. The summed E-state index contributed by atoms with van der Waals surface area (Å²) in [4.78, 5) is 28.1. The second-order valence-electron chi connectivity index (χ2n) is 9.05. The fourth-order valence-corrected chi connectivity index (χ4v) is 4.56. The van der Waals surface area contributed by atoms with Crippen molar-refractivity contribution in [1.82, 2.24) is 20.3 Å². The number of carbonyl (C=O) groups is 2. The van der Waals surface area contributed by atoms with E-state index in [1.54, 1.807) is 12.4 Å². The number of nitrogens with two attached hydrogens (primary N) is 1. The fraction of sp³-hybridized carbons (Fsp3) is 0.476. The summed E-state index contributed by atoms with van der Waals surface area (Å²) in [7, 11) is -1.20. The molecule has 0 fully saturated rings. The summed E-state index contributed by atoms with van der Waals surface area (Å²) in [5.41, 5.74) is 5.12. The predicted molar refractivity (Wildman–Crippen MR) is 122 cm³/mol. The number of allylic oxidation sites excluding steroid dienone is 1. The number of carboxylic acid groups (broad SMARTS) is 1. The zero-order valence-corrected chi connectivity index (χ0v) is 19.3. The van der Waals surface area contributed by atoms with Crippen LogP contribution in [0.2, 0.25) is 25.7 Å². The van der Waals surface area contributed by atoms with Gasteiger partial charge in [0.25, 0.3) is 5.91 Å². The molecule has 2 heterocycles. The van der Waals surface area contributed by atoms with Gasteiger partial charge in [-0.3, -0.25) is 10.2 Å². The molecule has 5 N–H and O–H groups in total. The third-order valence-electron chi connectivity index (χ3n) is 5.41. The first kappa shape index (κ1) is 23.0. The van der Waals surface area contributed by atoms with Gasteiger partial charge in [-0.05, 0) is 42.5 Å². The number of fused-ring (bicyclic) bond motifs is 1. The van der Waals surface area contributed by atoms with Gasteiger partial charge in [0, 0.05) is 38.5 Å². The second kappa shape index (κ2) is 9.63. The van der Waals surface area contributed by atoms with Crippen LogP contribution in [0.3, 0.4) is 0 Å². The highest BCUT2D eigenvalue weighted by atomic mass is 28.3. The van der Waals surface area contributed by atoms with E-state index in [0.717, 1.165) is 30.0 Å². The van der Waals surface area contributed by atoms with Crippen molar-refractivity contribution in [2.75, 3.05) is 6.61 Å². The molecule has 2 amide bonds. The van der Waals surface area contributed by atoms with Crippen LogP contribution in [0.5, 0.6) is 0 Å². The minimum atomic E-state index is -1.20. The number of nitrogens with one attached hydrogen (secondary N) is 2. The van der Waals surface area contributed by atoms with E-state index in [2.05, 4.69) is 41.4 Å². The Morgan fingerprint density at radius 3 is 2.84 bits per heavy atom. The molecule has 0 spiro atoms. The summed E-state index contributed by atoms with van der Waals surface area (Å²) >= 11 is 0. The van der Waals surface area contributed by atoms with Crippen LogP contribution in [0.4, 0.5) is 4.79 Å².